The van der Waals surface area contributed by atoms with Gasteiger partial charge in [0.05, 0.1) is 11.7 Å². The first kappa shape index (κ1) is 25.5. The van der Waals surface area contributed by atoms with Gasteiger partial charge >= 0.3 is 29.8 Å². The van der Waals surface area contributed by atoms with Crippen LogP contribution in [0.15, 0.2) is 30.3 Å². The predicted octanol–water partition coefficient (Wildman–Crippen LogP) is -1.38. The highest BCUT2D eigenvalue weighted by atomic mass is 32.2. The predicted molar refractivity (Wildman–Crippen MR) is 127 cm³/mol. The van der Waals surface area contributed by atoms with Crippen LogP contribution in [0.1, 0.15) is 24.9 Å². The number of carboxylic acids is 1. The quantitative estimate of drug-likeness (QED) is 0.219. The molecule has 38 heavy (non-hydrogen) atoms. The van der Waals surface area contributed by atoms with Crippen molar-refractivity contribution in [2.75, 3.05) is 19.6 Å². The first-order valence-corrected chi connectivity index (χ1v) is 12.7. The monoisotopic (exact) mass is 545 g/mol. The van der Waals surface area contributed by atoms with Crippen molar-refractivity contribution in [1.82, 2.24) is 25.3 Å². The van der Waals surface area contributed by atoms with Crippen LogP contribution in [0, 0.1) is 0 Å². The molecular weight excluding hydrogens is 522 g/mol. The molecular formula is C23H23N5O9S. The van der Waals surface area contributed by atoms with Crippen molar-refractivity contribution in [3.63, 3.8) is 0 Å². The van der Waals surface area contributed by atoms with Gasteiger partial charge in [-0.25, -0.2) is 9.59 Å². The number of nitrogens with zero attached hydrogens (tertiary/aromatic N) is 3. The summed E-state index contributed by atoms with van der Waals surface area (Å²) >= 11 is 1.04. The Bertz CT molecular complexity index is 1260. The molecule has 4 aliphatic heterocycles. The van der Waals surface area contributed by atoms with Gasteiger partial charge in [0.25, 0.3) is 11.6 Å². The molecule has 0 radical (unpaired) electrons. The van der Waals surface area contributed by atoms with Crippen molar-refractivity contribution in [2.24, 2.45) is 0 Å². The number of piperazine rings is 1. The summed E-state index contributed by atoms with van der Waals surface area (Å²) in [5, 5.41) is 13.2. The van der Waals surface area contributed by atoms with Gasteiger partial charge < -0.3 is 25.4 Å². The third-order valence-corrected chi connectivity index (χ3v) is 8.54. The van der Waals surface area contributed by atoms with Crippen LogP contribution in [0.25, 0.3) is 0 Å². The lowest BCUT2D eigenvalue weighted by Crippen LogP contribution is -2.75. The minimum atomic E-state index is -2.12. The van der Waals surface area contributed by atoms with E-state index in [1.54, 1.807) is 37.3 Å². The summed E-state index contributed by atoms with van der Waals surface area (Å²) in [6, 6.07) is 4.66. The van der Waals surface area contributed by atoms with E-state index in [1.807, 2.05) is 0 Å². The second-order valence-corrected chi connectivity index (χ2v) is 10.3. The highest BCUT2D eigenvalue weighted by Gasteiger charge is 2.75. The summed E-state index contributed by atoms with van der Waals surface area (Å²) in [6.45, 7) is 2.11. The fraction of sp³-hybridized carbons (Fsp3) is 0.435. The standard InChI is InChI=1S/C23H23N5O9S/c1-2-26-8-9-27(19(33)18(26)32)22(36)25-14(11-6-4-3-5-7-11)16(30)24-15-17(31)28-20(15)38-12-10-13(29)37-23(12,28)21(34)35/h3-7,12,14-15,20H,2,8-10H2,1H3,(H,24,30)(H,25,36)(H,34,35). The van der Waals surface area contributed by atoms with Crippen LogP contribution < -0.4 is 10.6 Å². The number of urea groups is 1. The topological polar surface area (TPSA) is 183 Å². The number of esters is 1. The van der Waals surface area contributed by atoms with E-state index in [4.69, 9.17) is 4.74 Å². The lowest BCUT2D eigenvalue weighted by molar-refractivity contribution is -0.204. The molecule has 5 unspecified atom stereocenters. The molecule has 0 spiro atoms. The minimum absolute atomic E-state index is 0.0560. The second kappa shape index (κ2) is 9.31. The molecule has 200 valence electrons. The number of aliphatic carboxylic acids is 1. The van der Waals surface area contributed by atoms with Crippen molar-refractivity contribution in [2.45, 2.75) is 41.8 Å². The molecule has 6 amide bonds. The first-order valence-electron chi connectivity index (χ1n) is 11.8. The number of likely N-dealkylation sites (N-methyl/N-ethyl adjacent to an activating group) is 1. The van der Waals surface area contributed by atoms with Gasteiger partial charge in [-0.1, -0.05) is 30.3 Å². The van der Waals surface area contributed by atoms with Crippen LogP contribution in [0.2, 0.25) is 0 Å². The van der Waals surface area contributed by atoms with Gasteiger partial charge in [0.2, 0.25) is 5.91 Å². The maximum Gasteiger partial charge on any atom is 0.371 e. The Kier molecular flexibility index (Phi) is 6.25. The third kappa shape index (κ3) is 3.76. The molecule has 0 aliphatic carbocycles. The smallest absolute Gasteiger partial charge is 0.371 e. The number of carbonyl (C=O) groups is 7. The zero-order valence-corrected chi connectivity index (χ0v) is 20.8. The average molecular weight is 546 g/mol. The van der Waals surface area contributed by atoms with Crippen LogP contribution in [0.3, 0.4) is 0 Å². The fourth-order valence-electron chi connectivity index (χ4n) is 5.01. The Morgan fingerprint density at radius 2 is 1.84 bits per heavy atom. The zero-order chi connectivity index (χ0) is 27.4. The van der Waals surface area contributed by atoms with E-state index in [9.17, 15) is 38.7 Å². The molecule has 14 nitrogen and oxygen atoms in total. The number of ether oxygens (including phenoxy) is 1. The van der Waals surface area contributed by atoms with Gasteiger partial charge in [-0.2, -0.15) is 0 Å². The van der Waals surface area contributed by atoms with E-state index >= 15 is 0 Å². The molecule has 15 heteroatoms. The number of fused-ring (bicyclic) bond motifs is 3. The molecule has 4 aliphatic rings. The summed E-state index contributed by atoms with van der Waals surface area (Å²) in [6.07, 6.45) is -0.196. The minimum Gasteiger partial charge on any atom is -0.477 e. The van der Waals surface area contributed by atoms with E-state index in [0.29, 0.717) is 12.1 Å². The maximum atomic E-state index is 13.4. The molecule has 0 aromatic heterocycles. The van der Waals surface area contributed by atoms with Crippen LogP contribution in [0.4, 0.5) is 4.79 Å². The highest BCUT2D eigenvalue weighted by Crippen LogP contribution is 2.55. The number of nitrogens with one attached hydrogen (secondary N) is 2. The van der Waals surface area contributed by atoms with Crippen LogP contribution in [-0.4, -0.2) is 103 Å². The number of hydrogen-bond acceptors (Lipinski definition) is 9. The van der Waals surface area contributed by atoms with Gasteiger partial charge in [0, 0.05) is 19.6 Å². The summed E-state index contributed by atoms with van der Waals surface area (Å²) in [4.78, 5) is 90.8. The molecule has 4 heterocycles. The molecule has 4 saturated heterocycles. The average Bonchev–Trinajstić information content (AvgIpc) is 3.37. The molecule has 0 bridgehead atoms. The summed E-state index contributed by atoms with van der Waals surface area (Å²) in [7, 11) is 0. The van der Waals surface area contributed by atoms with Crippen molar-refractivity contribution in [1.29, 1.82) is 0 Å². The number of β-lactam (4-membered cyclic amide) rings is 1. The molecule has 4 fully saturated rings. The number of thioether (sulfide) groups is 1. The molecule has 5 rings (SSSR count). The zero-order valence-electron chi connectivity index (χ0n) is 20.0. The number of imide groups is 1. The number of benzene rings is 1. The van der Waals surface area contributed by atoms with Crippen molar-refractivity contribution in [3.05, 3.63) is 35.9 Å². The van der Waals surface area contributed by atoms with E-state index in [0.717, 1.165) is 21.6 Å². The number of rotatable bonds is 6. The Labute approximate surface area is 219 Å². The maximum absolute atomic E-state index is 13.4. The Balaban J connectivity index is 1.33. The van der Waals surface area contributed by atoms with E-state index in [2.05, 4.69) is 10.6 Å². The van der Waals surface area contributed by atoms with E-state index in [1.165, 1.54) is 4.90 Å². The largest absolute Gasteiger partial charge is 0.477 e. The molecule has 1 aromatic carbocycles. The first-order chi connectivity index (χ1) is 18.1. The van der Waals surface area contributed by atoms with Gasteiger partial charge in [-0.15, -0.1) is 11.8 Å². The number of carboxylic acid groups (broad SMARTS) is 1. The van der Waals surface area contributed by atoms with Gasteiger partial charge in [0.1, 0.15) is 17.5 Å². The molecule has 1 aromatic rings. The van der Waals surface area contributed by atoms with Crippen molar-refractivity contribution in [3.8, 4) is 0 Å². The van der Waals surface area contributed by atoms with Crippen LogP contribution >= 0.6 is 11.8 Å². The lowest BCUT2D eigenvalue weighted by Gasteiger charge is -2.46. The van der Waals surface area contributed by atoms with E-state index in [-0.39, 0.29) is 19.5 Å². The van der Waals surface area contributed by atoms with Crippen LogP contribution in [-0.2, 0) is 33.5 Å². The van der Waals surface area contributed by atoms with Gasteiger partial charge in [-0.3, -0.25) is 33.8 Å². The summed E-state index contributed by atoms with van der Waals surface area (Å²) in [5.41, 5.74) is -1.77. The third-order valence-electron chi connectivity index (χ3n) is 6.97. The summed E-state index contributed by atoms with van der Waals surface area (Å²) in [5.74, 6) is -5.58. The highest BCUT2D eigenvalue weighted by molar-refractivity contribution is 8.01. The second-order valence-electron chi connectivity index (χ2n) is 9.02. The Morgan fingerprint density at radius 1 is 1.13 bits per heavy atom. The summed E-state index contributed by atoms with van der Waals surface area (Å²) < 4.78 is 5.07. The Morgan fingerprint density at radius 3 is 2.50 bits per heavy atom. The molecule has 5 atom stereocenters. The molecule has 0 saturated carbocycles. The van der Waals surface area contributed by atoms with Gasteiger partial charge in [0.15, 0.2) is 0 Å². The number of hydrogen-bond donors (Lipinski definition) is 3. The van der Waals surface area contributed by atoms with Crippen LogP contribution in [0.5, 0.6) is 0 Å². The fourth-order valence-corrected chi connectivity index (χ4v) is 6.75. The normalized spacial score (nSPS) is 28.8. The lowest BCUT2D eigenvalue weighted by atomic mass is 9.98. The Hall–Kier alpha value is -4.14. The molecule has 3 N–H and O–H groups in total. The van der Waals surface area contributed by atoms with Gasteiger partial charge in [-0.05, 0) is 12.5 Å². The SMILES string of the molecule is CCN1CCN(C(=O)NC(C(=O)NC2C(=O)N3C2SC2CC(=O)OC23C(=O)O)c2ccccc2)C(=O)C1=O. The number of carbonyl (C=O) groups excluding carboxylic acids is 6. The van der Waals surface area contributed by atoms with E-state index < -0.39 is 70.0 Å². The van der Waals surface area contributed by atoms with Crippen molar-refractivity contribution < 1.29 is 43.4 Å². The van der Waals surface area contributed by atoms with Crippen molar-refractivity contribution >= 4 is 53.4 Å². The number of amides is 6.